The van der Waals surface area contributed by atoms with Gasteiger partial charge in [-0.05, 0) is 41.0 Å². The Hall–Kier alpha value is -2.16. The van der Waals surface area contributed by atoms with Gasteiger partial charge in [-0.25, -0.2) is 17.9 Å². The van der Waals surface area contributed by atoms with Crippen LogP contribution in [-0.4, -0.2) is 50.4 Å². The van der Waals surface area contributed by atoms with Crippen molar-refractivity contribution >= 4 is 5.95 Å². The Bertz CT molecular complexity index is 661. The maximum atomic E-state index is 13.7. The number of tetrazole rings is 1. The summed E-state index contributed by atoms with van der Waals surface area (Å²) in [6.45, 7) is 0.0252. The molecule has 0 bridgehead atoms. The molecule has 1 aliphatic heterocycles. The zero-order valence-electron chi connectivity index (χ0n) is 12.2. The molecular weight excluding hydrogens is 311 g/mol. The summed E-state index contributed by atoms with van der Waals surface area (Å²) in [5.41, 5.74) is 0.896. The summed E-state index contributed by atoms with van der Waals surface area (Å²) in [5.74, 6) is -3.25. The molecule has 1 aliphatic rings. The van der Waals surface area contributed by atoms with E-state index in [1.807, 2.05) is 0 Å². The Kier molecular flexibility index (Phi) is 4.20. The lowest BCUT2D eigenvalue weighted by Gasteiger charge is -2.35. The molecule has 0 aliphatic carbocycles. The molecule has 23 heavy (non-hydrogen) atoms. The van der Waals surface area contributed by atoms with E-state index in [4.69, 9.17) is 0 Å². The highest BCUT2D eigenvalue weighted by atomic mass is 19.3. The summed E-state index contributed by atoms with van der Waals surface area (Å²) in [7, 11) is 0. The molecule has 1 fully saturated rings. The van der Waals surface area contributed by atoms with E-state index >= 15 is 0 Å². The largest absolute Gasteiger partial charge is 0.387 e. The molecule has 1 atom stereocenters. The summed E-state index contributed by atoms with van der Waals surface area (Å²) >= 11 is 0. The number of hydrogen-bond acceptors (Lipinski definition) is 5. The molecule has 1 saturated heterocycles. The zero-order chi connectivity index (χ0) is 16.4. The lowest BCUT2D eigenvalue weighted by molar-refractivity contribution is -0.114. The number of benzene rings is 1. The molecule has 3 rings (SSSR count). The van der Waals surface area contributed by atoms with Crippen molar-refractivity contribution in [3.05, 3.63) is 35.6 Å². The van der Waals surface area contributed by atoms with E-state index in [2.05, 4.69) is 15.5 Å². The van der Waals surface area contributed by atoms with Crippen LogP contribution in [0.4, 0.5) is 19.1 Å². The van der Waals surface area contributed by atoms with Gasteiger partial charge in [0.05, 0.1) is 13.1 Å². The molecule has 1 aromatic heterocycles. The van der Waals surface area contributed by atoms with Crippen LogP contribution >= 0.6 is 0 Å². The van der Waals surface area contributed by atoms with Crippen LogP contribution in [-0.2, 0) is 13.0 Å². The maximum absolute atomic E-state index is 13.7. The van der Waals surface area contributed by atoms with Crippen LogP contribution in [0.3, 0.4) is 0 Å². The van der Waals surface area contributed by atoms with E-state index in [-0.39, 0.29) is 24.7 Å². The van der Waals surface area contributed by atoms with Crippen LogP contribution in [0, 0.1) is 5.82 Å². The van der Waals surface area contributed by atoms with Gasteiger partial charge in [-0.15, -0.1) is 0 Å². The summed E-state index contributed by atoms with van der Waals surface area (Å²) in [6, 6.07) is 6.04. The van der Waals surface area contributed by atoms with Crippen molar-refractivity contribution in [3.8, 4) is 0 Å². The summed E-state index contributed by atoms with van der Waals surface area (Å²) < 4.78 is 41.6. The van der Waals surface area contributed by atoms with Crippen molar-refractivity contribution < 1.29 is 18.3 Å². The highest BCUT2D eigenvalue weighted by Gasteiger charge is 2.44. The third kappa shape index (κ3) is 3.44. The van der Waals surface area contributed by atoms with Gasteiger partial charge in [0, 0.05) is 6.54 Å². The molecule has 124 valence electrons. The summed E-state index contributed by atoms with van der Waals surface area (Å²) in [5, 5.41) is 20.5. The minimum Gasteiger partial charge on any atom is -0.387 e. The normalized spacial score (nSPS) is 20.7. The minimum atomic E-state index is -3.19. The lowest BCUT2D eigenvalue weighted by Crippen LogP contribution is -2.52. The molecule has 2 aromatic rings. The van der Waals surface area contributed by atoms with Crippen molar-refractivity contribution in [1.82, 2.24) is 20.2 Å². The number of aryl methyl sites for hydroxylation is 2. The molecule has 2 heterocycles. The van der Waals surface area contributed by atoms with Crippen molar-refractivity contribution in [2.75, 3.05) is 18.0 Å². The third-order valence-corrected chi connectivity index (χ3v) is 3.88. The fourth-order valence-corrected chi connectivity index (χ4v) is 2.56. The van der Waals surface area contributed by atoms with Crippen LogP contribution in [0.15, 0.2) is 24.3 Å². The second-order valence-electron chi connectivity index (χ2n) is 5.57. The lowest BCUT2D eigenvalue weighted by atomic mass is 10.0. The molecule has 0 saturated carbocycles. The highest BCUT2D eigenvalue weighted by molar-refractivity contribution is 5.30. The Balaban J connectivity index is 1.69. The monoisotopic (exact) mass is 327 g/mol. The number of hydrogen-bond donors (Lipinski definition) is 1. The van der Waals surface area contributed by atoms with Crippen LogP contribution in [0.25, 0.3) is 0 Å². The van der Waals surface area contributed by atoms with Gasteiger partial charge in [0.25, 0.3) is 5.92 Å². The van der Waals surface area contributed by atoms with Crippen LogP contribution in [0.1, 0.15) is 12.0 Å². The zero-order valence-corrected chi connectivity index (χ0v) is 12.2. The number of nitrogens with zero attached hydrogens (tertiary/aromatic N) is 5. The first-order valence-electron chi connectivity index (χ1n) is 7.27. The number of aliphatic hydroxyl groups is 1. The Morgan fingerprint density at radius 3 is 2.70 bits per heavy atom. The Labute approximate surface area is 130 Å². The first-order chi connectivity index (χ1) is 11.0. The van der Waals surface area contributed by atoms with Gasteiger partial charge in [-0.1, -0.05) is 17.2 Å². The second kappa shape index (κ2) is 6.15. The van der Waals surface area contributed by atoms with Gasteiger partial charge in [0.15, 0.2) is 0 Å². The number of aliphatic hydroxyl groups excluding tert-OH is 1. The van der Waals surface area contributed by atoms with Crippen LogP contribution < -0.4 is 4.90 Å². The molecule has 6 nitrogen and oxygen atoms in total. The number of alkyl halides is 2. The van der Waals surface area contributed by atoms with Crippen molar-refractivity contribution in [2.45, 2.75) is 31.4 Å². The number of piperidine rings is 1. The van der Waals surface area contributed by atoms with Gasteiger partial charge >= 0.3 is 0 Å². The fourth-order valence-electron chi connectivity index (χ4n) is 2.56. The first kappa shape index (κ1) is 15.7. The highest BCUT2D eigenvalue weighted by Crippen LogP contribution is 2.29. The SMILES string of the molecule is OC1CCN(c2nnnn2CCc2ccc(F)cc2)CC1(F)F. The second-order valence-corrected chi connectivity index (χ2v) is 5.57. The van der Waals surface area contributed by atoms with Gasteiger partial charge in [-0.2, -0.15) is 0 Å². The van der Waals surface area contributed by atoms with E-state index in [0.29, 0.717) is 13.0 Å². The fraction of sp³-hybridized carbons (Fsp3) is 0.500. The van der Waals surface area contributed by atoms with E-state index in [1.54, 1.807) is 12.1 Å². The number of halogens is 3. The first-order valence-corrected chi connectivity index (χ1v) is 7.27. The quantitative estimate of drug-likeness (QED) is 0.916. The molecule has 0 radical (unpaired) electrons. The Morgan fingerprint density at radius 1 is 1.26 bits per heavy atom. The average Bonchev–Trinajstić information content (AvgIpc) is 2.98. The van der Waals surface area contributed by atoms with Gasteiger partial charge in [0.1, 0.15) is 11.9 Å². The summed E-state index contributed by atoms with van der Waals surface area (Å²) in [4.78, 5) is 1.37. The van der Waals surface area contributed by atoms with Crippen molar-refractivity contribution in [2.24, 2.45) is 0 Å². The molecule has 1 N–H and O–H groups in total. The number of anilines is 1. The maximum Gasteiger partial charge on any atom is 0.290 e. The number of aromatic nitrogens is 4. The topological polar surface area (TPSA) is 67.1 Å². The molecule has 1 aromatic carbocycles. The predicted octanol–water partition coefficient (Wildman–Crippen LogP) is 1.26. The molecule has 9 heteroatoms. The number of rotatable bonds is 4. The van der Waals surface area contributed by atoms with Gasteiger partial charge in [-0.3, -0.25) is 0 Å². The molecule has 1 unspecified atom stereocenters. The minimum absolute atomic E-state index is 0.0438. The average molecular weight is 327 g/mol. The Morgan fingerprint density at radius 2 is 2.00 bits per heavy atom. The molecular formula is C14H16F3N5O. The van der Waals surface area contributed by atoms with Crippen molar-refractivity contribution in [3.63, 3.8) is 0 Å². The van der Waals surface area contributed by atoms with E-state index in [1.165, 1.54) is 21.7 Å². The van der Waals surface area contributed by atoms with E-state index in [9.17, 15) is 18.3 Å². The third-order valence-electron chi connectivity index (χ3n) is 3.88. The van der Waals surface area contributed by atoms with Gasteiger partial charge in [0.2, 0.25) is 5.95 Å². The predicted molar refractivity (Wildman–Crippen MR) is 75.7 cm³/mol. The summed E-state index contributed by atoms with van der Waals surface area (Å²) in [6.07, 6.45) is -1.13. The molecule has 0 amide bonds. The van der Waals surface area contributed by atoms with Gasteiger partial charge < -0.3 is 10.0 Å². The van der Waals surface area contributed by atoms with Crippen LogP contribution in [0.5, 0.6) is 0 Å². The van der Waals surface area contributed by atoms with Crippen LogP contribution in [0.2, 0.25) is 0 Å². The molecule has 0 spiro atoms. The smallest absolute Gasteiger partial charge is 0.290 e. The van der Waals surface area contributed by atoms with Crippen molar-refractivity contribution in [1.29, 1.82) is 0 Å². The van der Waals surface area contributed by atoms with E-state index in [0.717, 1.165) is 5.56 Å². The standard InChI is InChI=1S/C14H16F3N5O/c15-11-3-1-10(2-4-11)5-8-22-13(18-19-20-22)21-7-6-12(23)14(16,17)9-21/h1-4,12,23H,5-9H2. The van der Waals surface area contributed by atoms with E-state index < -0.39 is 18.6 Å².